The van der Waals surface area contributed by atoms with Crippen LogP contribution in [0.1, 0.15) is 28.2 Å². The molecule has 0 amide bonds. The van der Waals surface area contributed by atoms with Crippen LogP contribution < -0.4 is 5.32 Å². The summed E-state index contributed by atoms with van der Waals surface area (Å²) in [6.45, 7) is 1.82. The maximum absolute atomic E-state index is 13.7. The zero-order valence-electron chi connectivity index (χ0n) is 9.98. The summed E-state index contributed by atoms with van der Waals surface area (Å²) < 4.78 is 14.4. The summed E-state index contributed by atoms with van der Waals surface area (Å²) in [5.41, 5.74) is -0.0958. The van der Waals surface area contributed by atoms with Crippen molar-refractivity contribution >= 4 is 34.6 Å². The van der Waals surface area contributed by atoms with Crippen LogP contribution in [0.3, 0.4) is 0 Å². The van der Waals surface area contributed by atoms with Gasteiger partial charge in [0.15, 0.2) is 0 Å². The average molecular weight is 300 g/mol. The summed E-state index contributed by atoms with van der Waals surface area (Å²) in [5.74, 6) is -1.76. The minimum absolute atomic E-state index is 0.00739. The van der Waals surface area contributed by atoms with Gasteiger partial charge in [-0.05, 0) is 31.2 Å². The zero-order chi connectivity index (χ0) is 14.0. The molecule has 2 rings (SSSR count). The SMILES string of the molecule is CC(Nc1c(F)cccc1C(=O)O)c1ccc(Cl)s1. The molecule has 0 aliphatic rings. The van der Waals surface area contributed by atoms with E-state index in [4.69, 9.17) is 16.7 Å². The molecule has 100 valence electrons. The Morgan fingerprint density at radius 2 is 2.16 bits per heavy atom. The minimum atomic E-state index is -1.17. The maximum Gasteiger partial charge on any atom is 0.337 e. The summed E-state index contributed by atoms with van der Waals surface area (Å²) in [6, 6.07) is 7.31. The molecule has 1 aromatic heterocycles. The zero-order valence-corrected chi connectivity index (χ0v) is 11.6. The third kappa shape index (κ3) is 3.05. The van der Waals surface area contributed by atoms with E-state index >= 15 is 0 Å². The van der Waals surface area contributed by atoms with Crippen molar-refractivity contribution in [3.05, 3.63) is 50.9 Å². The first-order valence-corrected chi connectivity index (χ1v) is 6.72. The van der Waals surface area contributed by atoms with Crippen molar-refractivity contribution in [2.24, 2.45) is 0 Å². The molecule has 19 heavy (non-hydrogen) atoms. The molecule has 0 aliphatic heterocycles. The van der Waals surface area contributed by atoms with E-state index in [-0.39, 0.29) is 17.3 Å². The fraction of sp³-hybridized carbons (Fsp3) is 0.154. The number of anilines is 1. The molecule has 1 unspecified atom stereocenters. The van der Waals surface area contributed by atoms with Gasteiger partial charge in [-0.1, -0.05) is 17.7 Å². The molecule has 0 bridgehead atoms. The lowest BCUT2D eigenvalue weighted by atomic mass is 10.1. The predicted molar refractivity (Wildman–Crippen MR) is 74.7 cm³/mol. The van der Waals surface area contributed by atoms with Gasteiger partial charge in [0, 0.05) is 4.88 Å². The Kier molecular flexibility index (Phi) is 4.07. The molecule has 0 fully saturated rings. The van der Waals surface area contributed by atoms with Crippen molar-refractivity contribution in [1.82, 2.24) is 0 Å². The standard InChI is InChI=1S/C13H11ClFNO2S/c1-7(10-5-6-11(14)19-10)16-12-8(13(17)18)3-2-4-9(12)15/h2-7,16H,1H3,(H,17,18). The fourth-order valence-electron chi connectivity index (χ4n) is 1.70. The Balaban J connectivity index is 2.30. The Morgan fingerprint density at radius 1 is 1.42 bits per heavy atom. The largest absolute Gasteiger partial charge is 0.478 e. The van der Waals surface area contributed by atoms with Gasteiger partial charge in [0.2, 0.25) is 0 Å². The lowest BCUT2D eigenvalue weighted by molar-refractivity contribution is 0.0697. The van der Waals surface area contributed by atoms with Crippen LogP contribution in [0.15, 0.2) is 30.3 Å². The van der Waals surface area contributed by atoms with Crippen molar-refractivity contribution < 1.29 is 14.3 Å². The van der Waals surface area contributed by atoms with Crippen LogP contribution in [0.2, 0.25) is 4.34 Å². The Labute approximate surface area is 118 Å². The van der Waals surface area contributed by atoms with Crippen molar-refractivity contribution in [3.63, 3.8) is 0 Å². The van der Waals surface area contributed by atoms with Gasteiger partial charge < -0.3 is 10.4 Å². The summed E-state index contributed by atoms with van der Waals surface area (Å²) in [7, 11) is 0. The fourth-order valence-corrected chi connectivity index (χ4v) is 2.76. The molecule has 6 heteroatoms. The van der Waals surface area contributed by atoms with E-state index in [9.17, 15) is 9.18 Å². The molecule has 3 nitrogen and oxygen atoms in total. The van der Waals surface area contributed by atoms with Crippen molar-refractivity contribution in [2.45, 2.75) is 13.0 Å². The van der Waals surface area contributed by atoms with Crippen LogP contribution in [-0.4, -0.2) is 11.1 Å². The van der Waals surface area contributed by atoms with E-state index in [2.05, 4.69) is 5.32 Å². The topological polar surface area (TPSA) is 49.3 Å². The highest BCUT2D eigenvalue weighted by atomic mass is 35.5. The number of thiophene rings is 1. The van der Waals surface area contributed by atoms with Crippen LogP contribution in [0, 0.1) is 5.82 Å². The minimum Gasteiger partial charge on any atom is -0.478 e. The number of benzene rings is 1. The van der Waals surface area contributed by atoms with Crippen molar-refractivity contribution in [1.29, 1.82) is 0 Å². The Hall–Kier alpha value is -1.59. The van der Waals surface area contributed by atoms with Gasteiger partial charge >= 0.3 is 5.97 Å². The lowest BCUT2D eigenvalue weighted by Gasteiger charge is -2.16. The molecular formula is C13H11ClFNO2S. The molecule has 0 aliphatic carbocycles. The first kappa shape index (κ1) is 13.8. The lowest BCUT2D eigenvalue weighted by Crippen LogP contribution is -2.11. The number of nitrogens with one attached hydrogen (secondary N) is 1. The van der Waals surface area contributed by atoms with Crippen LogP contribution in [0.5, 0.6) is 0 Å². The second kappa shape index (κ2) is 5.59. The number of para-hydroxylation sites is 1. The molecule has 2 aromatic rings. The monoisotopic (exact) mass is 299 g/mol. The summed E-state index contributed by atoms with van der Waals surface area (Å²) >= 11 is 7.21. The van der Waals surface area contributed by atoms with Gasteiger partial charge in [-0.15, -0.1) is 11.3 Å². The molecule has 1 atom stereocenters. The summed E-state index contributed by atoms with van der Waals surface area (Å²) in [5, 5.41) is 11.9. The molecule has 0 spiro atoms. The number of aromatic carboxylic acids is 1. The highest BCUT2D eigenvalue weighted by molar-refractivity contribution is 7.16. The molecule has 0 radical (unpaired) electrons. The number of carboxylic acid groups (broad SMARTS) is 1. The third-order valence-electron chi connectivity index (χ3n) is 2.63. The van der Waals surface area contributed by atoms with Gasteiger partial charge in [0.1, 0.15) is 5.82 Å². The van der Waals surface area contributed by atoms with Crippen LogP contribution in [0.4, 0.5) is 10.1 Å². The molecular weight excluding hydrogens is 289 g/mol. The molecule has 0 saturated heterocycles. The first-order chi connectivity index (χ1) is 8.99. The highest BCUT2D eigenvalue weighted by Gasteiger charge is 2.17. The number of hydrogen-bond donors (Lipinski definition) is 2. The van der Waals surface area contributed by atoms with Gasteiger partial charge in [-0.2, -0.15) is 0 Å². The smallest absolute Gasteiger partial charge is 0.337 e. The second-order valence-electron chi connectivity index (χ2n) is 3.98. The molecule has 2 N–H and O–H groups in total. The predicted octanol–water partition coefficient (Wildman–Crippen LogP) is 4.41. The number of carboxylic acids is 1. The van der Waals surface area contributed by atoms with Crippen LogP contribution in [0.25, 0.3) is 0 Å². The normalized spacial score (nSPS) is 12.2. The summed E-state index contributed by atoms with van der Waals surface area (Å²) in [6.07, 6.45) is 0. The number of hydrogen-bond acceptors (Lipinski definition) is 3. The van der Waals surface area contributed by atoms with Crippen LogP contribution in [-0.2, 0) is 0 Å². The van der Waals surface area contributed by atoms with Crippen molar-refractivity contribution in [2.75, 3.05) is 5.32 Å². The van der Waals surface area contributed by atoms with Crippen LogP contribution >= 0.6 is 22.9 Å². The highest BCUT2D eigenvalue weighted by Crippen LogP contribution is 2.31. The van der Waals surface area contributed by atoms with Gasteiger partial charge in [-0.25, -0.2) is 9.18 Å². The van der Waals surface area contributed by atoms with Crippen molar-refractivity contribution in [3.8, 4) is 0 Å². The van der Waals surface area contributed by atoms with E-state index in [0.717, 1.165) is 4.88 Å². The molecule has 1 heterocycles. The Bertz CT molecular complexity index is 614. The first-order valence-electron chi connectivity index (χ1n) is 5.52. The van der Waals surface area contributed by atoms with E-state index in [0.29, 0.717) is 4.34 Å². The number of halogens is 2. The van der Waals surface area contributed by atoms with E-state index in [1.807, 2.05) is 13.0 Å². The van der Waals surface area contributed by atoms with Gasteiger partial charge in [0.05, 0.1) is 21.6 Å². The number of rotatable bonds is 4. The van der Waals surface area contributed by atoms with E-state index < -0.39 is 11.8 Å². The average Bonchev–Trinajstić information content (AvgIpc) is 2.78. The second-order valence-corrected chi connectivity index (χ2v) is 5.72. The Morgan fingerprint density at radius 3 is 2.74 bits per heavy atom. The van der Waals surface area contributed by atoms with Gasteiger partial charge in [0.25, 0.3) is 0 Å². The quantitative estimate of drug-likeness (QED) is 0.879. The number of carbonyl (C=O) groups is 1. The van der Waals surface area contributed by atoms with Gasteiger partial charge in [-0.3, -0.25) is 0 Å². The van der Waals surface area contributed by atoms with E-state index in [1.54, 1.807) is 6.07 Å². The molecule has 1 aromatic carbocycles. The molecule has 0 saturated carbocycles. The maximum atomic E-state index is 13.7. The van der Waals surface area contributed by atoms with E-state index in [1.165, 1.54) is 29.5 Å². The third-order valence-corrected chi connectivity index (χ3v) is 4.04. The summed E-state index contributed by atoms with van der Waals surface area (Å²) in [4.78, 5) is 12.0.